The molecule has 1 N–H and O–H groups in total. The smallest absolute Gasteiger partial charge is 0.266 e. The second kappa shape index (κ2) is 8.74. The van der Waals surface area contributed by atoms with Gasteiger partial charge in [0.1, 0.15) is 0 Å². The number of amides is 1. The van der Waals surface area contributed by atoms with Crippen molar-refractivity contribution >= 4 is 16.7 Å². The van der Waals surface area contributed by atoms with Gasteiger partial charge in [0.25, 0.3) is 5.56 Å². The number of hydrogen-bond donors (Lipinski definition) is 1. The lowest BCUT2D eigenvalue weighted by atomic mass is 10.0. The van der Waals surface area contributed by atoms with Crippen LogP contribution in [0.25, 0.3) is 22.0 Å². The lowest BCUT2D eigenvalue weighted by molar-refractivity contribution is -0.120. The van der Waals surface area contributed by atoms with Gasteiger partial charge >= 0.3 is 0 Å². The van der Waals surface area contributed by atoms with Crippen molar-refractivity contribution in [2.24, 2.45) is 0 Å². The van der Waals surface area contributed by atoms with E-state index in [0.29, 0.717) is 19.5 Å². The van der Waals surface area contributed by atoms with Crippen LogP contribution in [0.15, 0.2) is 83.7 Å². The Balaban J connectivity index is 1.40. The molecule has 1 amide bonds. The molecule has 0 unspecified atom stereocenters. The number of nitrogens with zero attached hydrogens (tertiary/aromatic N) is 2. The average molecular weight is 397 g/mol. The van der Waals surface area contributed by atoms with E-state index in [1.165, 1.54) is 16.3 Å². The number of aromatic nitrogens is 2. The molecule has 5 nitrogen and oxygen atoms in total. The van der Waals surface area contributed by atoms with Gasteiger partial charge in [-0.2, -0.15) is 5.10 Å². The molecule has 1 aromatic heterocycles. The third-order valence-electron chi connectivity index (χ3n) is 5.09. The molecule has 0 spiro atoms. The topological polar surface area (TPSA) is 64.0 Å². The molecule has 0 fully saturated rings. The number of hydrogen-bond acceptors (Lipinski definition) is 3. The molecule has 0 bridgehead atoms. The van der Waals surface area contributed by atoms with E-state index in [-0.39, 0.29) is 11.5 Å². The molecule has 0 aliphatic carbocycles. The fourth-order valence-electron chi connectivity index (χ4n) is 3.47. The van der Waals surface area contributed by atoms with Crippen LogP contribution in [-0.2, 0) is 17.8 Å². The predicted molar refractivity (Wildman–Crippen MR) is 119 cm³/mol. The molecule has 3 aromatic carbocycles. The van der Waals surface area contributed by atoms with Crippen molar-refractivity contribution < 1.29 is 4.79 Å². The first kappa shape index (κ1) is 19.6. The summed E-state index contributed by atoms with van der Waals surface area (Å²) in [5, 5.41) is 9.55. The molecule has 0 aliphatic rings. The van der Waals surface area contributed by atoms with Crippen LogP contribution in [-0.4, -0.2) is 22.2 Å². The van der Waals surface area contributed by atoms with Gasteiger partial charge in [0.05, 0.1) is 18.7 Å². The van der Waals surface area contributed by atoms with Crippen molar-refractivity contribution in [3.05, 3.63) is 100 Å². The first-order valence-electron chi connectivity index (χ1n) is 9.99. The second-order valence-electron chi connectivity index (χ2n) is 7.31. The Morgan fingerprint density at radius 1 is 0.933 bits per heavy atom. The summed E-state index contributed by atoms with van der Waals surface area (Å²) in [4.78, 5) is 24.6. The highest BCUT2D eigenvalue weighted by molar-refractivity contribution is 5.90. The number of aryl methyl sites for hydroxylation is 1. The van der Waals surface area contributed by atoms with Gasteiger partial charge in [-0.05, 0) is 29.3 Å². The van der Waals surface area contributed by atoms with E-state index in [9.17, 15) is 9.59 Å². The maximum Gasteiger partial charge on any atom is 0.266 e. The van der Waals surface area contributed by atoms with Crippen LogP contribution < -0.4 is 10.9 Å². The Kier molecular flexibility index (Phi) is 5.70. The zero-order valence-electron chi connectivity index (χ0n) is 16.8. The van der Waals surface area contributed by atoms with Crippen molar-refractivity contribution in [2.75, 3.05) is 6.54 Å². The van der Waals surface area contributed by atoms with E-state index in [4.69, 9.17) is 0 Å². The summed E-state index contributed by atoms with van der Waals surface area (Å²) in [6.07, 6.45) is 0.299. The van der Waals surface area contributed by atoms with Crippen molar-refractivity contribution in [3.8, 4) is 11.3 Å². The number of benzene rings is 3. The minimum atomic E-state index is -0.186. The average Bonchev–Trinajstić information content (AvgIpc) is 2.76. The number of nitrogens with one attached hydrogen (secondary N) is 1. The van der Waals surface area contributed by atoms with E-state index in [0.717, 1.165) is 27.6 Å². The largest absolute Gasteiger partial charge is 0.354 e. The predicted octanol–water partition coefficient (Wildman–Crippen LogP) is 3.73. The minimum Gasteiger partial charge on any atom is -0.354 e. The minimum absolute atomic E-state index is 0.0749. The molecule has 5 heteroatoms. The number of fused-ring (bicyclic) bond motifs is 1. The fraction of sp³-hybridized carbons (Fsp3) is 0.160. The van der Waals surface area contributed by atoms with Crippen LogP contribution >= 0.6 is 0 Å². The standard InChI is InChI=1S/C25H23N3O2/c1-18-9-11-20(12-10-18)23-13-14-25(30)28(27-23)16-15-26-24(29)17-21-7-4-6-19-5-2-3-8-22(19)21/h2-14H,15-17H2,1H3,(H,26,29). The molecule has 30 heavy (non-hydrogen) atoms. The Morgan fingerprint density at radius 2 is 1.70 bits per heavy atom. The van der Waals surface area contributed by atoms with E-state index in [1.807, 2.05) is 73.7 Å². The first-order chi connectivity index (χ1) is 14.6. The molecule has 0 saturated heterocycles. The molecular weight excluding hydrogens is 374 g/mol. The molecule has 0 radical (unpaired) electrons. The molecule has 4 rings (SSSR count). The summed E-state index contributed by atoms with van der Waals surface area (Å²) in [5.41, 5.74) is 3.66. The van der Waals surface area contributed by atoms with E-state index in [2.05, 4.69) is 10.4 Å². The van der Waals surface area contributed by atoms with Crippen LogP contribution in [0, 0.1) is 6.92 Å². The molecule has 0 aliphatic heterocycles. The Morgan fingerprint density at radius 3 is 2.53 bits per heavy atom. The van der Waals surface area contributed by atoms with Gasteiger partial charge in [-0.15, -0.1) is 0 Å². The van der Waals surface area contributed by atoms with E-state index >= 15 is 0 Å². The Labute approximate surface area is 175 Å². The summed E-state index contributed by atoms with van der Waals surface area (Å²) in [6, 6.07) is 25.2. The van der Waals surface area contributed by atoms with Crippen LogP contribution in [0.3, 0.4) is 0 Å². The summed E-state index contributed by atoms with van der Waals surface area (Å²) in [7, 11) is 0. The summed E-state index contributed by atoms with van der Waals surface area (Å²) in [5.74, 6) is -0.0749. The third-order valence-corrected chi connectivity index (χ3v) is 5.09. The number of rotatable bonds is 6. The normalized spacial score (nSPS) is 10.8. The number of carbonyl (C=O) groups excluding carboxylic acids is 1. The SMILES string of the molecule is Cc1ccc(-c2ccc(=O)n(CCNC(=O)Cc3cccc4ccccc34)n2)cc1. The third kappa shape index (κ3) is 4.46. The zero-order chi connectivity index (χ0) is 20.9. The van der Waals surface area contributed by atoms with Crippen molar-refractivity contribution in [1.82, 2.24) is 15.1 Å². The van der Waals surface area contributed by atoms with Gasteiger partial charge in [-0.25, -0.2) is 4.68 Å². The van der Waals surface area contributed by atoms with Gasteiger partial charge in [0, 0.05) is 18.2 Å². The zero-order valence-corrected chi connectivity index (χ0v) is 16.8. The fourth-order valence-corrected chi connectivity index (χ4v) is 3.47. The quantitative estimate of drug-likeness (QED) is 0.539. The Hall–Kier alpha value is -3.73. The van der Waals surface area contributed by atoms with Crippen LogP contribution in [0.1, 0.15) is 11.1 Å². The highest BCUT2D eigenvalue weighted by Crippen LogP contribution is 2.19. The van der Waals surface area contributed by atoms with Gasteiger partial charge in [-0.3, -0.25) is 9.59 Å². The lowest BCUT2D eigenvalue weighted by Crippen LogP contribution is -2.32. The summed E-state index contributed by atoms with van der Waals surface area (Å²) < 4.78 is 1.40. The van der Waals surface area contributed by atoms with Gasteiger partial charge in [0.2, 0.25) is 5.91 Å². The Bertz CT molecular complexity index is 1240. The summed E-state index contributed by atoms with van der Waals surface area (Å²) >= 11 is 0. The van der Waals surface area contributed by atoms with Crippen molar-refractivity contribution in [1.29, 1.82) is 0 Å². The molecule has 1 heterocycles. The highest BCUT2D eigenvalue weighted by atomic mass is 16.1. The maximum atomic E-state index is 12.4. The van der Waals surface area contributed by atoms with Gasteiger partial charge < -0.3 is 5.32 Å². The van der Waals surface area contributed by atoms with Crippen LogP contribution in [0.2, 0.25) is 0 Å². The summed E-state index contributed by atoms with van der Waals surface area (Å²) in [6.45, 7) is 2.69. The molecule has 150 valence electrons. The van der Waals surface area contributed by atoms with Gasteiger partial charge in [0.15, 0.2) is 0 Å². The molecular formula is C25H23N3O2. The van der Waals surface area contributed by atoms with Crippen LogP contribution in [0.4, 0.5) is 0 Å². The van der Waals surface area contributed by atoms with E-state index in [1.54, 1.807) is 6.07 Å². The second-order valence-corrected chi connectivity index (χ2v) is 7.31. The molecule has 4 aromatic rings. The van der Waals surface area contributed by atoms with E-state index < -0.39 is 0 Å². The molecule has 0 atom stereocenters. The van der Waals surface area contributed by atoms with Crippen LogP contribution in [0.5, 0.6) is 0 Å². The molecule has 0 saturated carbocycles. The lowest BCUT2D eigenvalue weighted by Gasteiger charge is -2.10. The number of carbonyl (C=O) groups is 1. The monoisotopic (exact) mass is 397 g/mol. The van der Waals surface area contributed by atoms with Gasteiger partial charge in [-0.1, -0.05) is 72.3 Å². The van der Waals surface area contributed by atoms with Crippen molar-refractivity contribution in [2.45, 2.75) is 19.9 Å². The highest BCUT2D eigenvalue weighted by Gasteiger charge is 2.08. The first-order valence-corrected chi connectivity index (χ1v) is 9.99. The van der Waals surface area contributed by atoms with Crippen molar-refractivity contribution in [3.63, 3.8) is 0 Å². The maximum absolute atomic E-state index is 12.4.